The summed E-state index contributed by atoms with van der Waals surface area (Å²) in [6, 6.07) is 3.86. The van der Waals surface area contributed by atoms with Crippen molar-refractivity contribution in [1.29, 1.82) is 0 Å². The van der Waals surface area contributed by atoms with Crippen molar-refractivity contribution in [3.8, 4) is 5.75 Å². The summed E-state index contributed by atoms with van der Waals surface area (Å²) in [5.41, 5.74) is 12.1. The molecule has 1 atom stereocenters. The first kappa shape index (κ1) is 11.5. The number of carbonyl (C=O) groups is 1. The highest BCUT2D eigenvalue weighted by Gasteiger charge is 2.12. The molecule has 0 unspecified atom stereocenters. The predicted octanol–water partition coefficient (Wildman–Crippen LogP) is -0.195. The number of phenolic OH excluding ortho intramolecular Hbond substituents is 1. The Bertz CT molecular complexity index is 366. The lowest BCUT2D eigenvalue weighted by molar-refractivity contribution is -0.138. The van der Waals surface area contributed by atoms with Crippen molar-refractivity contribution in [1.82, 2.24) is 0 Å². The highest BCUT2D eigenvalue weighted by molar-refractivity contribution is 5.73. The summed E-state index contributed by atoms with van der Waals surface area (Å²) in [6.45, 7) is 0.210. The molecule has 0 aromatic heterocycles. The Kier molecular flexibility index (Phi) is 3.65. The van der Waals surface area contributed by atoms with Gasteiger partial charge in [-0.1, -0.05) is 12.1 Å². The molecule has 0 amide bonds. The van der Waals surface area contributed by atoms with Gasteiger partial charge < -0.3 is 21.7 Å². The number of carboxylic acids is 1. The SMILES string of the molecule is NCc1cc(C[C@H](N)C(=O)O)ccc1O. The third kappa shape index (κ3) is 2.93. The average molecular weight is 210 g/mol. The molecule has 1 aromatic rings. The Morgan fingerprint density at radius 2 is 2.13 bits per heavy atom. The lowest BCUT2D eigenvalue weighted by Crippen LogP contribution is -2.32. The zero-order valence-corrected chi connectivity index (χ0v) is 8.18. The standard InChI is InChI=1S/C10H14N2O3/c11-5-7-3-6(1-2-9(7)13)4-8(12)10(14)15/h1-3,8,13H,4-5,11-12H2,(H,14,15)/t8-/m0/s1. The quantitative estimate of drug-likeness (QED) is 0.550. The van der Waals surface area contributed by atoms with Gasteiger partial charge in [0.1, 0.15) is 11.8 Å². The smallest absolute Gasteiger partial charge is 0.320 e. The van der Waals surface area contributed by atoms with Crippen molar-refractivity contribution in [2.75, 3.05) is 0 Å². The van der Waals surface area contributed by atoms with E-state index in [-0.39, 0.29) is 18.7 Å². The number of phenols is 1. The van der Waals surface area contributed by atoms with Crippen LogP contribution in [0, 0.1) is 0 Å². The molecule has 0 heterocycles. The molecule has 1 rings (SSSR count). The van der Waals surface area contributed by atoms with E-state index in [1.54, 1.807) is 12.1 Å². The van der Waals surface area contributed by atoms with E-state index in [0.29, 0.717) is 5.56 Å². The number of benzene rings is 1. The minimum absolute atomic E-state index is 0.116. The van der Waals surface area contributed by atoms with E-state index in [2.05, 4.69) is 0 Å². The summed E-state index contributed by atoms with van der Waals surface area (Å²) < 4.78 is 0. The number of carboxylic acid groups (broad SMARTS) is 1. The second-order valence-electron chi connectivity index (χ2n) is 3.32. The zero-order chi connectivity index (χ0) is 11.4. The maximum Gasteiger partial charge on any atom is 0.320 e. The van der Waals surface area contributed by atoms with Crippen LogP contribution in [-0.4, -0.2) is 22.2 Å². The fourth-order valence-electron chi connectivity index (χ4n) is 1.27. The van der Waals surface area contributed by atoms with E-state index < -0.39 is 12.0 Å². The van der Waals surface area contributed by atoms with Crippen molar-refractivity contribution >= 4 is 5.97 Å². The number of aromatic hydroxyl groups is 1. The van der Waals surface area contributed by atoms with Crippen molar-refractivity contribution in [2.45, 2.75) is 19.0 Å². The van der Waals surface area contributed by atoms with Crippen LogP contribution in [0.2, 0.25) is 0 Å². The first-order valence-corrected chi connectivity index (χ1v) is 4.53. The Hall–Kier alpha value is -1.59. The van der Waals surface area contributed by atoms with Gasteiger partial charge in [-0.15, -0.1) is 0 Å². The van der Waals surface area contributed by atoms with Gasteiger partial charge in [0.15, 0.2) is 0 Å². The first-order valence-electron chi connectivity index (χ1n) is 4.53. The fourth-order valence-corrected chi connectivity index (χ4v) is 1.27. The molecule has 5 nitrogen and oxygen atoms in total. The molecule has 5 heteroatoms. The van der Waals surface area contributed by atoms with E-state index in [1.807, 2.05) is 0 Å². The summed E-state index contributed by atoms with van der Waals surface area (Å²) in [5, 5.41) is 18.0. The van der Waals surface area contributed by atoms with Crippen LogP contribution in [0.15, 0.2) is 18.2 Å². The van der Waals surface area contributed by atoms with Crippen LogP contribution in [-0.2, 0) is 17.8 Å². The molecule has 15 heavy (non-hydrogen) atoms. The van der Waals surface area contributed by atoms with E-state index in [4.69, 9.17) is 16.6 Å². The van der Waals surface area contributed by atoms with E-state index >= 15 is 0 Å². The van der Waals surface area contributed by atoms with Crippen molar-refractivity contribution in [3.63, 3.8) is 0 Å². The topological polar surface area (TPSA) is 110 Å². The third-order valence-electron chi connectivity index (χ3n) is 2.14. The number of aliphatic carboxylic acids is 1. The first-order chi connectivity index (χ1) is 7.04. The summed E-state index contributed by atoms with van der Waals surface area (Å²) in [6.07, 6.45) is 0.225. The van der Waals surface area contributed by atoms with E-state index in [1.165, 1.54) is 6.07 Å². The van der Waals surface area contributed by atoms with Gasteiger partial charge in [0.25, 0.3) is 0 Å². The average Bonchev–Trinajstić information content (AvgIpc) is 2.20. The molecule has 0 radical (unpaired) electrons. The van der Waals surface area contributed by atoms with Crippen molar-refractivity contribution in [3.05, 3.63) is 29.3 Å². The molecule has 82 valence electrons. The molecule has 0 fully saturated rings. The lowest BCUT2D eigenvalue weighted by Gasteiger charge is -2.08. The Morgan fingerprint density at radius 1 is 1.47 bits per heavy atom. The molecule has 0 saturated heterocycles. The monoisotopic (exact) mass is 210 g/mol. The van der Waals surface area contributed by atoms with Gasteiger partial charge in [-0.05, 0) is 18.1 Å². The molecular formula is C10H14N2O3. The highest BCUT2D eigenvalue weighted by atomic mass is 16.4. The van der Waals surface area contributed by atoms with Crippen LogP contribution < -0.4 is 11.5 Å². The van der Waals surface area contributed by atoms with Gasteiger partial charge >= 0.3 is 5.97 Å². The van der Waals surface area contributed by atoms with Crippen LogP contribution in [0.3, 0.4) is 0 Å². The number of hydrogen-bond acceptors (Lipinski definition) is 4. The molecule has 6 N–H and O–H groups in total. The third-order valence-corrected chi connectivity index (χ3v) is 2.14. The normalized spacial score (nSPS) is 12.4. The van der Waals surface area contributed by atoms with Gasteiger partial charge in [0, 0.05) is 12.1 Å². The van der Waals surface area contributed by atoms with Gasteiger partial charge in [-0.2, -0.15) is 0 Å². The van der Waals surface area contributed by atoms with Crippen LogP contribution in [0.25, 0.3) is 0 Å². The Balaban J connectivity index is 2.83. The van der Waals surface area contributed by atoms with Gasteiger partial charge in [-0.25, -0.2) is 0 Å². The largest absolute Gasteiger partial charge is 0.508 e. The summed E-state index contributed by atoms with van der Waals surface area (Å²) in [4.78, 5) is 10.5. The van der Waals surface area contributed by atoms with E-state index in [9.17, 15) is 9.90 Å². The van der Waals surface area contributed by atoms with Crippen LogP contribution in [0.4, 0.5) is 0 Å². The van der Waals surface area contributed by atoms with Crippen LogP contribution in [0.1, 0.15) is 11.1 Å². The molecule has 0 spiro atoms. The number of hydrogen-bond donors (Lipinski definition) is 4. The lowest BCUT2D eigenvalue weighted by atomic mass is 10.0. The van der Waals surface area contributed by atoms with Gasteiger partial charge in [0.2, 0.25) is 0 Å². The van der Waals surface area contributed by atoms with Crippen LogP contribution >= 0.6 is 0 Å². The second-order valence-corrected chi connectivity index (χ2v) is 3.32. The summed E-state index contributed by atoms with van der Waals surface area (Å²) in [7, 11) is 0. The minimum Gasteiger partial charge on any atom is -0.508 e. The highest BCUT2D eigenvalue weighted by Crippen LogP contribution is 2.18. The zero-order valence-electron chi connectivity index (χ0n) is 8.18. The molecule has 0 aliphatic heterocycles. The molecule has 0 saturated carbocycles. The fraction of sp³-hybridized carbons (Fsp3) is 0.300. The Morgan fingerprint density at radius 3 is 2.67 bits per heavy atom. The molecule has 0 aliphatic rings. The molecule has 0 aliphatic carbocycles. The van der Waals surface area contributed by atoms with Gasteiger partial charge in [-0.3, -0.25) is 4.79 Å². The number of nitrogens with two attached hydrogens (primary N) is 2. The van der Waals surface area contributed by atoms with Crippen molar-refractivity contribution in [2.24, 2.45) is 11.5 Å². The van der Waals surface area contributed by atoms with E-state index in [0.717, 1.165) is 5.56 Å². The molecule has 0 bridgehead atoms. The Labute approximate surface area is 87.3 Å². The van der Waals surface area contributed by atoms with Gasteiger partial charge in [0.05, 0.1) is 0 Å². The predicted molar refractivity (Wildman–Crippen MR) is 55.3 cm³/mol. The van der Waals surface area contributed by atoms with Crippen LogP contribution in [0.5, 0.6) is 5.75 Å². The molecule has 1 aromatic carbocycles. The maximum absolute atomic E-state index is 10.5. The minimum atomic E-state index is -1.04. The second kappa shape index (κ2) is 4.77. The maximum atomic E-state index is 10.5. The molecular weight excluding hydrogens is 196 g/mol. The summed E-state index contributed by atoms with van der Waals surface area (Å²) >= 11 is 0. The number of rotatable bonds is 4. The van der Waals surface area contributed by atoms with Crippen molar-refractivity contribution < 1.29 is 15.0 Å². The summed E-state index contributed by atoms with van der Waals surface area (Å²) in [5.74, 6) is -0.928.